The Hall–Kier alpha value is -2.37. The van der Waals surface area contributed by atoms with Gasteiger partial charge in [0.1, 0.15) is 0 Å². The van der Waals surface area contributed by atoms with Crippen LogP contribution in [-0.2, 0) is 14.4 Å². The zero-order valence-electron chi connectivity index (χ0n) is 13.5. The van der Waals surface area contributed by atoms with Crippen molar-refractivity contribution >= 4 is 29.1 Å². The number of benzene rings is 1. The lowest BCUT2D eigenvalue weighted by Crippen LogP contribution is -2.38. The summed E-state index contributed by atoms with van der Waals surface area (Å²) in [6, 6.07) is 6.86. The highest BCUT2D eigenvalue weighted by molar-refractivity contribution is 5.95. The van der Waals surface area contributed by atoms with Crippen LogP contribution in [-0.4, -0.2) is 35.7 Å². The van der Waals surface area contributed by atoms with Gasteiger partial charge in [0, 0.05) is 31.8 Å². The summed E-state index contributed by atoms with van der Waals surface area (Å²) in [6.45, 7) is 7.40. The van der Waals surface area contributed by atoms with Crippen LogP contribution in [0.15, 0.2) is 24.3 Å². The predicted molar refractivity (Wildman–Crippen MR) is 86.5 cm³/mol. The Kier molecular flexibility index (Phi) is 6.56. The molecular formula is C16H23N3O3. The van der Waals surface area contributed by atoms with Crippen LogP contribution in [0, 0.1) is 5.92 Å². The summed E-state index contributed by atoms with van der Waals surface area (Å²) in [7, 11) is 0. The van der Waals surface area contributed by atoms with E-state index in [0.717, 1.165) is 0 Å². The molecule has 0 unspecified atom stereocenters. The molecule has 0 saturated carbocycles. The van der Waals surface area contributed by atoms with Crippen molar-refractivity contribution in [1.82, 2.24) is 4.90 Å². The number of hydrogen-bond acceptors (Lipinski definition) is 3. The molecule has 6 heteroatoms. The zero-order valence-corrected chi connectivity index (χ0v) is 13.5. The summed E-state index contributed by atoms with van der Waals surface area (Å²) in [4.78, 5) is 36.1. The number of amides is 3. The van der Waals surface area contributed by atoms with Gasteiger partial charge in [-0.3, -0.25) is 14.4 Å². The first kappa shape index (κ1) is 17.7. The van der Waals surface area contributed by atoms with Crippen molar-refractivity contribution in [2.45, 2.75) is 27.7 Å². The third kappa shape index (κ3) is 6.39. The smallest absolute Gasteiger partial charge is 0.243 e. The van der Waals surface area contributed by atoms with Crippen molar-refractivity contribution in [3.8, 4) is 0 Å². The van der Waals surface area contributed by atoms with Crippen molar-refractivity contribution in [1.29, 1.82) is 0 Å². The molecular weight excluding hydrogens is 282 g/mol. The largest absolute Gasteiger partial charge is 0.333 e. The van der Waals surface area contributed by atoms with Gasteiger partial charge >= 0.3 is 0 Å². The van der Waals surface area contributed by atoms with Crippen LogP contribution in [0.25, 0.3) is 0 Å². The Morgan fingerprint density at radius 2 is 1.68 bits per heavy atom. The Balaban J connectivity index is 2.67. The van der Waals surface area contributed by atoms with E-state index in [1.54, 1.807) is 24.3 Å². The monoisotopic (exact) mass is 305 g/mol. The van der Waals surface area contributed by atoms with E-state index in [-0.39, 0.29) is 24.3 Å². The highest BCUT2D eigenvalue weighted by Crippen LogP contribution is 2.15. The molecule has 6 nitrogen and oxygen atoms in total. The second-order valence-electron chi connectivity index (χ2n) is 5.60. The van der Waals surface area contributed by atoms with Crippen LogP contribution in [0.5, 0.6) is 0 Å². The zero-order chi connectivity index (χ0) is 16.7. The van der Waals surface area contributed by atoms with E-state index >= 15 is 0 Å². The van der Waals surface area contributed by atoms with Gasteiger partial charge in [0.2, 0.25) is 17.7 Å². The number of carbonyl (C=O) groups excluding carboxylic acids is 3. The van der Waals surface area contributed by atoms with Crippen LogP contribution in [0.4, 0.5) is 11.4 Å². The van der Waals surface area contributed by atoms with E-state index in [2.05, 4.69) is 10.6 Å². The Morgan fingerprint density at radius 3 is 2.18 bits per heavy atom. The lowest BCUT2D eigenvalue weighted by molar-refractivity contribution is -0.133. The molecule has 0 aliphatic rings. The minimum Gasteiger partial charge on any atom is -0.333 e. The maximum atomic E-state index is 12.0. The van der Waals surface area contributed by atoms with E-state index in [4.69, 9.17) is 0 Å². The first-order valence-corrected chi connectivity index (χ1v) is 7.21. The van der Waals surface area contributed by atoms with Gasteiger partial charge in [-0.1, -0.05) is 19.9 Å². The standard InChI is InChI=1S/C16H23N3O3/c1-11(2)9-19(13(4)21)10-16(22)18-15-7-5-6-14(8-15)17-12(3)20/h5-8,11H,9-10H2,1-4H3,(H,17,20)(H,18,22). The average molecular weight is 305 g/mol. The molecule has 0 heterocycles. The van der Waals surface area contributed by atoms with Gasteiger partial charge in [0.25, 0.3) is 0 Å². The first-order valence-electron chi connectivity index (χ1n) is 7.21. The second kappa shape index (κ2) is 8.17. The van der Waals surface area contributed by atoms with Gasteiger partial charge in [0.15, 0.2) is 0 Å². The van der Waals surface area contributed by atoms with E-state index in [9.17, 15) is 14.4 Å². The van der Waals surface area contributed by atoms with E-state index in [0.29, 0.717) is 23.8 Å². The number of carbonyl (C=O) groups is 3. The van der Waals surface area contributed by atoms with Crippen molar-refractivity contribution < 1.29 is 14.4 Å². The molecule has 3 amide bonds. The summed E-state index contributed by atoms with van der Waals surface area (Å²) >= 11 is 0. The predicted octanol–water partition coefficient (Wildman–Crippen LogP) is 2.09. The number of anilines is 2. The van der Waals surface area contributed by atoms with Crippen molar-refractivity contribution in [2.75, 3.05) is 23.7 Å². The number of hydrogen-bond donors (Lipinski definition) is 2. The van der Waals surface area contributed by atoms with Gasteiger partial charge in [-0.05, 0) is 24.1 Å². The molecule has 0 aliphatic heterocycles. The van der Waals surface area contributed by atoms with Crippen LogP contribution in [0.1, 0.15) is 27.7 Å². The van der Waals surface area contributed by atoms with Crippen LogP contribution in [0.2, 0.25) is 0 Å². The first-order chi connectivity index (χ1) is 10.3. The van der Waals surface area contributed by atoms with Gasteiger partial charge in [0.05, 0.1) is 6.54 Å². The fourth-order valence-electron chi connectivity index (χ4n) is 2.00. The molecule has 0 radical (unpaired) electrons. The fraction of sp³-hybridized carbons (Fsp3) is 0.438. The minimum absolute atomic E-state index is 0.0118. The highest BCUT2D eigenvalue weighted by atomic mass is 16.2. The molecule has 0 aliphatic carbocycles. The molecule has 1 rings (SSSR count). The molecule has 2 N–H and O–H groups in total. The molecule has 0 fully saturated rings. The SMILES string of the molecule is CC(=O)Nc1cccc(NC(=O)CN(CC(C)C)C(C)=O)c1. The molecule has 0 bridgehead atoms. The van der Waals surface area contributed by atoms with Gasteiger partial charge < -0.3 is 15.5 Å². The van der Waals surface area contributed by atoms with Gasteiger partial charge in [-0.15, -0.1) is 0 Å². The quantitative estimate of drug-likeness (QED) is 0.844. The van der Waals surface area contributed by atoms with Crippen LogP contribution in [0.3, 0.4) is 0 Å². The van der Waals surface area contributed by atoms with Crippen LogP contribution < -0.4 is 10.6 Å². The van der Waals surface area contributed by atoms with E-state index in [1.165, 1.54) is 18.7 Å². The Morgan fingerprint density at radius 1 is 1.09 bits per heavy atom. The molecule has 0 spiro atoms. The third-order valence-electron chi connectivity index (χ3n) is 2.83. The Bertz CT molecular complexity index is 555. The molecule has 0 aromatic heterocycles. The van der Waals surface area contributed by atoms with Gasteiger partial charge in [-0.2, -0.15) is 0 Å². The van der Waals surface area contributed by atoms with Crippen molar-refractivity contribution in [2.24, 2.45) is 5.92 Å². The summed E-state index contributed by atoms with van der Waals surface area (Å²) < 4.78 is 0. The fourth-order valence-corrected chi connectivity index (χ4v) is 2.00. The van der Waals surface area contributed by atoms with E-state index < -0.39 is 0 Å². The summed E-state index contributed by atoms with van der Waals surface area (Å²) in [6.07, 6.45) is 0. The van der Waals surface area contributed by atoms with E-state index in [1.807, 2.05) is 13.8 Å². The third-order valence-corrected chi connectivity index (χ3v) is 2.83. The number of rotatable bonds is 6. The summed E-state index contributed by atoms with van der Waals surface area (Å²) in [5.41, 5.74) is 1.18. The summed E-state index contributed by atoms with van der Waals surface area (Å²) in [5, 5.41) is 5.38. The highest BCUT2D eigenvalue weighted by Gasteiger charge is 2.15. The average Bonchev–Trinajstić information content (AvgIpc) is 2.36. The molecule has 1 aromatic rings. The number of nitrogens with one attached hydrogen (secondary N) is 2. The molecule has 0 atom stereocenters. The second-order valence-corrected chi connectivity index (χ2v) is 5.60. The lowest BCUT2D eigenvalue weighted by atomic mass is 10.2. The maximum absolute atomic E-state index is 12.0. The molecule has 1 aromatic carbocycles. The molecule has 0 saturated heterocycles. The lowest BCUT2D eigenvalue weighted by Gasteiger charge is -2.22. The Labute approximate surface area is 130 Å². The normalized spacial score (nSPS) is 10.2. The summed E-state index contributed by atoms with van der Waals surface area (Å²) in [5.74, 6) is -0.283. The molecule has 22 heavy (non-hydrogen) atoms. The van der Waals surface area contributed by atoms with Crippen molar-refractivity contribution in [3.05, 3.63) is 24.3 Å². The van der Waals surface area contributed by atoms with Gasteiger partial charge in [-0.25, -0.2) is 0 Å². The van der Waals surface area contributed by atoms with Crippen LogP contribution >= 0.6 is 0 Å². The number of nitrogens with zero attached hydrogens (tertiary/aromatic N) is 1. The topological polar surface area (TPSA) is 78.5 Å². The molecule has 120 valence electrons. The maximum Gasteiger partial charge on any atom is 0.243 e. The minimum atomic E-state index is -0.268. The van der Waals surface area contributed by atoms with Crippen molar-refractivity contribution in [3.63, 3.8) is 0 Å².